The molecule has 0 aliphatic rings. The number of phosphoric ester groups is 1. The maximum absolute atomic E-state index is 12.5. The molecular weight excluding hydrogens is 402 g/mol. The zero-order valence-electron chi connectivity index (χ0n) is 16.7. The first-order chi connectivity index (χ1) is 13.3. The highest BCUT2D eigenvalue weighted by atomic mass is 31.3. The fourth-order valence-corrected chi connectivity index (χ4v) is 4.90. The second-order valence-corrected chi connectivity index (χ2v) is 9.76. The summed E-state index contributed by atoms with van der Waals surface area (Å²) in [5.74, 6) is 0.151. The second kappa shape index (κ2) is 14.3. The fraction of sp³-hybridized carbons (Fsp3) is 0.684. The molecule has 1 aromatic carbocycles. The molecule has 1 aromatic rings. The molecule has 0 saturated heterocycles. The average molecular weight is 436 g/mol. The molecule has 0 heterocycles. The molecule has 0 amide bonds. The topological polar surface area (TPSA) is 102 Å². The smallest absolute Gasteiger partial charge is 0.404 e. The van der Waals surface area contributed by atoms with E-state index in [4.69, 9.17) is 18.8 Å². The molecule has 2 N–H and O–H groups in total. The van der Waals surface area contributed by atoms with E-state index in [1.807, 2.05) is 0 Å². The summed E-state index contributed by atoms with van der Waals surface area (Å²) in [6, 6.07) is 8.01. The first kappa shape index (κ1) is 25.4. The predicted molar refractivity (Wildman–Crippen MR) is 110 cm³/mol. The number of hydrogen-bond acceptors (Lipinski definition) is 5. The van der Waals surface area contributed by atoms with Gasteiger partial charge in [-0.05, 0) is 18.6 Å². The van der Waals surface area contributed by atoms with Crippen LogP contribution in [-0.4, -0.2) is 16.4 Å². The molecule has 9 heteroatoms. The van der Waals surface area contributed by atoms with Crippen LogP contribution < -0.4 is 4.52 Å². The lowest BCUT2D eigenvalue weighted by atomic mass is 10.1. The molecule has 1 atom stereocenters. The van der Waals surface area contributed by atoms with Crippen molar-refractivity contribution >= 4 is 15.6 Å². The number of benzene rings is 1. The van der Waals surface area contributed by atoms with Crippen LogP contribution in [0, 0.1) is 0 Å². The third-order valence-electron chi connectivity index (χ3n) is 4.16. The Balaban J connectivity index is 2.23. The van der Waals surface area contributed by atoms with Gasteiger partial charge < -0.3 is 14.3 Å². The Morgan fingerprint density at radius 2 is 1.29 bits per heavy atom. The molecule has 0 saturated carbocycles. The van der Waals surface area contributed by atoms with Crippen molar-refractivity contribution in [2.45, 2.75) is 77.6 Å². The Hall–Kier alpha value is -0.680. The maximum atomic E-state index is 12.5. The average Bonchev–Trinajstić information content (AvgIpc) is 2.62. The zero-order chi connectivity index (χ0) is 20.7. The lowest BCUT2D eigenvalue weighted by Gasteiger charge is -2.18. The van der Waals surface area contributed by atoms with Gasteiger partial charge in [-0.15, -0.1) is 0 Å². The standard InChI is InChI=1S/C19H34O7P2/c1-2-3-4-5-6-7-8-9-10-11-15-18-24-28(23,26-27(20,21)22)25-19-16-13-12-14-17-19/h12-14,16-17H,2-11,15,18H2,1H3,(H2,20,21,22). The van der Waals surface area contributed by atoms with Crippen molar-refractivity contribution in [2.75, 3.05) is 6.61 Å². The highest BCUT2D eigenvalue weighted by Gasteiger charge is 2.37. The normalized spacial score (nSPS) is 14.0. The predicted octanol–water partition coefficient (Wildman–Crippen LogP) is 6.61. The first-order valence-corrected chi connectivity index (χ1v) is 13.1. The largest absolute Gasteiger partial charge is 0.539 e. The molecule has 1 unspecified atom stereocenters. The van der Waals surface area contributed by atoms with Crippen LogP contribution in [0.25, 0.3) is 0 Å². The molecule has 0 aromatic heterocycles. The summed E-state index contributed by atoms with van der Waals surface area (Å²) in [6.45, 7) is 2.26. The number of para-hydroxylation sites is 1. The van der Waals surface area contributed by atoms with Crippen LogP contribution in [0.5, 0.6) is 5.75 Å². The molecule has 1 rings (SSSR count). The second-order valence-electron chi connectivity index (χ2n) is 6.79. The number of phosphoric acid groups is 2. The summed E-state index contributed by atoms with van der Waals surface area (Å²) < 4.78 is 38.1. The van der Waals surface area contributed by atoms with Crippen LogP contribution >= 0.6 is 15.6 Å². The minimum atomic E-state index is -5.02. The Morgan fingerprint density at radius 1 is 0.786 bits per heavy atom. The summed E-state index contributed by atoms with van der Waals surface area (Å²) in [5.41, 5.74) is 0. The van der Waals surface area contributed by atoms with Gasteiger partial charge in [-0.2, -0.15) is 4.31 Å². The number of unbranched alkanes of at least 4 members (excludes halogenated alkanes) is 10. The summed E-state index contributed by atoms with van der Waals surface area (Å²) in [5, 5.41) is 0. The molecule has 0 aliphatic carbocycles. The quantitative estimate of drug-likeness (QED) is 0.209. The highest BCUT2D eigenvalue weighted by molar-refractivity contribution is 7.61. The van der Waals surface area contributed by atoms with Gasteiger partial charge in [0.05, 0.1) is 6.61 Å². The maximum Gasteiger partial charge on any atom is 0.539 e. The molecule has 162 valence electrons. The van der Waals surface area contributed by atoms with Gasteiger partial charge in [0.25, 0.3) is 0 Å². The first-order valence-electron chi connectivity index (χ1n) is 10.1. The molecule has 0 bridgehead atoms. The van der Waals surface area contributed by atoms with Crippen molar-refractivity contribution in [1.82, 2.24) is 0 Å². The van der Waals surface area contributed by atoms with Crippen LogP contribution in [0.3, 0.4) is 0 Å². The van der Waals surface area contributed by atoms with E-state index in [0.29, 0.717) is 6.42 Å². The van der Waals surface area contributed by atoms with E-state index in [1.165, 1.54) is 57.1 Å². The van der Waals surface area contributed by atoms with Gasteiger partial charge in [0.1, 0.15) is 5.75 Å². The Bertz CT molecular complexity index is 604. The molecule has 28 heavy (non-hydrogen) atoms. The molecule has 0 aliphatic heterocycles. The molecular formula is C19H34O7P2. The zero-order valence-corrected chi connectivity index (χ0v) is 18.5. The number of hydrogen-bond donors (Lipinski definition) is 2. The third kappa shape index (κ3) is 13.5. The van der Waals surface area contributed by atoms with Crippen molar-refractivity contribution in [3.05, 3.63) is 30.3 Å². The van der Waals surface area contributed by atoms with Gasteiger partial charge in [-0.3, -0.25) is 4.52 Å². The Labute approximate surface area is 168 Å². The third-order valence-corrected chi connectivity index (χ3v) is 6.75. The summed E-state index contributed by atoms with van der Waals surface area (Å²) in [6.07, 6.45) is 12.7. The van der Waals surface area contributed by atoms with Crippen LogP contribution in [-0.2, 0) is 18.0 Å². The van der Waals surface area contributed by atoms with Gasteiger partial charge in [-0.1, -0.05) is 89.3 Å². The van der Waals surface area contributed by atoms with Crippen molar-refractivity contribution in [3.63, 3.8) is 0 Å². The van der Waals surface area contributed by atoms with Crippen LogP contribution in [0.15, 0.2) is 30.3 Å². The SMILES string of the molecule is CCCCCCCCCCCCCOP(=O)(Oc1ccccc1)OP(=O)(O)O. The van der Waals surface area contributed by atoms with Crippen molar-refractivity contribution in [3.8, 4) is 5.75 Å². The van der Waals surface area contributed by atoms with Crippen LogP contribution in [0.4, 0.5) is 0 Å². The van der Waals surface area contributed by atoms with Gasteiger partial charge in [0.2, 0.25) is 0 Å². The molecule has 0 fully saturated rings. The Morgan fingerprint density at radius 3 is 1.79 bits per heavy atom. The van der Waals surface area contributed by atoms with Gasteiger partial charge in [-0.25, -0.2) is 9.13 Å². The van der Waals surface area contributed by atoms with Crippen molar-refractivity contribution in [1.29, 1.82) is 0 Å². The summed E-state index contributed by atoms with van der Waals surface area (Å²) in [7, 11) is -9.43. The lowest BCUT2D eigenvalue weighted by molar-refractivity contribution is 0.181. The fourth-order valence-electron chi connectivity index (χ4n) is 2.75. The van der Waals surface area contributed by atoms with E-state index in [9.17, 15) is 9.13 Å². The number of rotatable bonds is 17. The van der Waals surface area contributed by atoms with E-state index in [0.717, 1.165) is 19.3 Å². The van der Waals surface area contributed by atoms with E-state index in [1.54, 1.807) is 18.2 Å². The van der Waals surface area contributed by atoms with Crippen molar-refractivity contribution in [2.24, 2.45) is 0 Å². The lowest BCUT2D eigenvalue weighted by Crippen LogP contribution is -2.03. The Kier molecular flexibility index (Phi) is 13.0. The highest BCUT2D eigenvalue weighted by Crippen LogP contribution is 2.60. The van der Waals surface area contributed by atoms with Crippen LogP contribution in [0.1, 0.15) is 77.6 Å². The van der Waals surface area contributed by atoms with E-state index < -0.39 is 15.6 Å². The summed E-state index contributed by atoms with van der Waals surface area (Å²) in [4.78, 5) is 18.0. The summed E-state index contributed by atoms with van der Waals surface area (Å²) >= 11 is 0. The van der Waals surface area contributed by atoms with Gasteiger partial charge >= 0.3 is 15.6 Å². The molecule has 7 nitrogen and oxygen atoms in total. The van der Waals surface area contributed by atoms with E-state index >= 15 is 0 Å². The van der Waals surface area contributed by atoms with Gasteiger partial charge in [0, 0.05) is 0 Å². The van der Waals surface area contributed by atoms with E-state index in [-0.39, 0.29) is 12.4 Å². The molecule has 0 radical (unpaired) electrons. The molecule has 0 spiro atoms. The minimum Gasteiger partial charge on any atom is -0.404 e. The van der Waals surface area contributed by atoms with Crippen LogP contribution in [0.2, 0.25) is 0 Å². The monoisotopic (exact) mass is 436 g/mol. The van der Waals surface area contributed by atoms with E-state index in [2.05, 4.69) is 11.2 Å². The van der Waals surface area contributed by atoms with Gasteiger partial charge in [0.15, 0.2) is 0 Å². The minimum absolute atomic E-state index is 0.0428. The van der Waals surface area contributed by atoms with Crippen molar-refractivity contribution < 1.29 is 32.3 Å².